The maximum absolute atomic E-state index is 12.7. The van der Waals surface area contributed by atoms with Gasteiger partial charge in [0, 0.05) is 18.3 Å². The fourth-order valence-electron chi connectivity index (χ4n) is 3.11. The lowest BCUT2D eigenvalue weighted by Crippen LogP contribution is -2.60. The van der Waals surface area contributed by atoms with Gasteiger partial charge < -0.3 is 14.8 Å². The van der Waals surface area contributed by atoms with Crippen molar-refractivity contribution in [3.05, 3.63) is 30.1 Å². The molecule has 1 fully saturated rings. The summed E-state index contributed by atoms with van der Waals surface area (Å²) in [5.41, 5.74) is -0.215. The van der Waals surface area contributed by atoms with Crippen LogP contribution < -0.4 is 5.32 Å². The third kappa shape index (κ3) is 3.88. The Balaban J connectivity index is 2.36. The van der Waals surface area contributed by atoms with Gasteiger partial charge in [0.25, 0.3) is 0 Å². The van der Waals surface area contributed by atoms with Crippen LogP contribution in [0.4, 0.5) is 0 Å². The average molecular weight is 320 g/mol. The van der Waals surface area contributed by atoms with Gasteiger partial charge in [0.05, 0.1) is 18.6 Å². The van der Waals surface area contributed by atoms with E-state index in [0.29, 0.717) is 19.4 Å². The first kappa shape index (κ1) is 17.4. The number of piperidine rings is 1. The van der Waals surface area contributed by atoms with Gasteiger partial charge >= 0.3 is 11.9 Å². The summed E-state index contributed by atoms with van der Waals surface area (Å²) < 4.78 is 10.5. The average Bonchev–Trinajstić information content (AvgIpc) is 2.56. The molecular weight excluding hydrogens is 296 g/mol. The molecular formula is C17H24N2O4. The molecule has 2 rings (SSSR count). The van der Waals surface area contributed by atoms with Crippen LogP contribution in [0.2, 0.25) is 0 Å². The van der Waals surface area contributed by atoms with E-state index >= 15 is 0 Å². The number of esters is 2. The zero-order valence-corrected chi connectivity index (χ0v) is 13.7. The lowest BCUT2D eigenvalue weighted by atomic mass is 9.70. The van der Waals surface area contributed by atoms with Crippen LogP contribution in [0.15, 0.2) is 24.4 Å². The number of ether oxygens (including phenoxy) is 2. The highest BCUT2D eigenvalue weighted by molar-refractivity contribution is 5.88. The summed E-state index contributed by atoms with van der Waals surface area (Å²) in [6.45, 7) is 4.75. The Morgan fingerprint density at radius 1 is 1.30 bits per heavy atom. The number of aromatic nitrogens is 1. The summed E-state index contributed by atoms with van der Waals surface area (Å²) in [5, 5.41) is 3.15. The van der Waals surface area contributed by atoms with Gasteiger partial charge in [-0.05, 0) is 45.4 Å². The quantitative estimate of drug-likeness (QED) is 0.800. The third-order valence-corrected chi connectivity index (χ3v) is 4.13. The lowest BCUT2D eigenvalue weighted by molar-refractivity contribution is -0.168. The van der Waals surface area contributed by atoms with E-state index in [9.17, 15) is 9.59 Å². The zero-order chi connectivity index (χ0) is 16.7. The predicted molar refractivity (Wildman–Crippen MR) is 84.7 cm³/mol. The number of rotatable bonds is 6. The van der Waals surface area contributed by atoms with Crippen LogP contribution in [0.25, 0.3) is 0 Å². The second-order valence-electron chi connectivity index (χ2n) is 5.62. The monoisotopic (exact) mass is 320 g/mol. The van der Waals surface area contributed by atoms with Gasteiger partial charge in [0.2, 0.25) is 0 Å². The minimum atomic E-state index is -0.977. The summed E-state index contributed by atoms with van der Waals surface area (Å²) in [6, 6.07) is 4.84. The standard InChI is InChI=1S/C17H24N2O4/c1-3-22-15(20)14-17(9-7-11-19-14,16(21)23-4-2)12-13-8-5-6-10-18-13/h5-6,8,10,14,19H,3-4,7,9,11-12H2,1-2H3. The van der Waals surface area contributed by atoms with Crippen LogP contribution in [-0.4, -0.2) is 42.7 Å². The molecule has 1 aliphatic rings. The molecule has 0 bridgehead atoms. The molecule has 6 heteroatoms. The molecule has 1 aliphatic heterocycles. The number of pyridine rings is 1. The van der Waals surface area contributed by atoms with E-state index in [4.69, 9.17) is 9.47 Å². The SMILES string of the molecule is CCOC(=O)C1NCCCC1(Cc1ccccn1)C(=O)OCC. The van der Waals surface area contributed by atoms with Gasteiger partial charge in [-0.15, -0.1) is 0 Å². The van der Waals surface area contributed by atoms with E-state index in [2.05, 4.69) is 10.3 Å². The Bertz CT molecular complexity index is 535. The van der Waals surface area contributed by atoms with Gasteiger partial charge in [0.15, 0.2) is 0 Å². The highest BCUT2D eigenvalue weighted by Gasteiger charge is 2.52. The Labute approximate surface area is 136 Å². The Kier molecular flexibility index (Phi) is 6.10. The van der Waals surface area contributed by atoms with Crippen molar-refractivity contribution in [2.75, 3.05) is 19.8 Å². The predicted octanol–water partition coefficient (Wildman–Crippen LogP) is 1.49. The summed E-state index contributed by atoms with van der Waals surface area (Å²) in [7, 11) is 0. The molecule has 2 unspecified atom stereocenters. The molecule has 2 heterocycles. The van der Waals surface area contributed by atoms with Crippen molar-refractivity contribution in [2.24, 2.45) is 5.41 Å². The topological polar surface area (TPSA) is 77.5 Å². The number of carbonyl (C=O) groups is 2. The molecule has 1 N–H and O–H groups in total. The van der Waals surface area contributed by atoms with Crippen molar-refractivity contribution in [1.82, 2.24) is 10.3 Å². The molecule has 23 heavy (non-hydrogen) atoms. The number of hydrogen-bond acceptors (Lipinski definition) is 6. The smallest absolute Gasteiger partial charge is 0.324 e. The third-order valence-electron chi connectivity index (χ3n) is 4.13. The van der Waals surface area contributed by atoms with Crippen LogP contribution in [0.1, 0.15) is 32.4 Å². The minimum Gasteiger partial charge on any atom is -0.465 e. The largest absolute Gasteiger partial charge is 0.465 e. The van der Waals surface area contributed by atoms with Gasteiger partial charge in [-0.1, -0.05) is 6.07 Å². The number of carbonyl (C=O) groups excluding carboxylic acids is 2. The lowest BCUT2D eigenvalue weighted by Gasteiger charge is -2.40. The highest BCUT2D eigenvalue weighted by atomic mass is 16.5. The molecule has 1 aromatic rings. The normalized spacial score (nSPS) is 24.0. The molecule has 0 spiro atoms. The van der Waals surface area contributed by atoms with E-state index in [1.54, 1.807) is 20.0 Å². The van der Waals surface area contributed by atoms with Crippen LogP contribution in [0.3, 0.4) is 0 Å². The van der Waals surface area contributed by atoms with Crippen molar-refractivity contribution in [3.8, 4) is 0 Å². The first-order valence-corrected chi connectivity index (χ1v) is 8.11. The fraction of sp³-hybridized carbons (Fsp3) is 0.588. The molecule has 0 radical (unpaired) electrons. The Hall–Kier alpha value is -1.95. The second kappa shape index (κ2) is 8.06. The van der Waals surface area contributed by atoms with Crippen molar-refractivity contribution in [3.63, 3.8) is 0 Å². The molecule has 0 saturated carbocycles. The van der Waals surface area contributed by atoms with Crippen molar-refractivity contribution >= 4 is 11.9 Å². The van der Waals surface area contributed by atoms with Crippen LogP contribution >= 0.6 is 0 Å². The van der Waals surface area contributed by atoms with E-state index in [-0.39, 0.29) is 19.2 Å². The van der Waals surface area contributed by atoms with Crippen LogP contribution in [0.5, 0.6) is 0 Å². The van der Waals surface area contributed by atoms with Crippen molar-refractivity contribution in [1.29, 1.82) is 0 Å². The molecule has 6 nitrogen and oxygen atoms in total. The number of hydrogen-bond donors (Lipinski definition) is 1. The van der Waals surface area contributed by atoms with E-state index in [1.165, 1.54) is 0 Å². The number of nitrogens with zero attached hydrogens (tertiary/aromatic N) is 1. The molecule has 1 aromatic heterocycles. The van der Waals surface area contributed by atoms with E-state index < -0.39 is 17.4 Å². The first-order valence-electron chi connectivity index (χ1n) is 8.11. The Morgan fingerprint density at radius 3 is 2.74 bits per heavy atom. The molecule has 1 saturated heterocycles. The molecule has 0 amide bonds. The summed E-state index contributed by atoms with van der Waals surface area (Å²) in [6.07, 6.45) is 3.40. The minimum absolute atomic E-state index is 0.276. The van der Waals surface area contributed by atoms with Crippen LogP contribution in [-0.2, 0) is 25.5 Å². The second-order valence-corrected chi connectivity index (χ2v) is 5.62. The van der Waals surface area contributed by atoms with Gasteiger partial charge in [-0.25, -0.2) is 0 Å². The molecule has 2 atom stereocenters. The van der Waals surface area contributed by atoms with Gasteiger partial charge in [-0.2, -0.15) is 0 Å². The Morgan fingerprint density at radius 2 is 2.09 bits per heavy atom. The molecule has 0 aliphatic carbocycles. The van der Waals surface area contributed by atoms with Crippen molar-refractivity contribution < 1.29 is 19.1 Å². The first-order chi connectivity index (χ1) is 11.1. The van der Waals surface area contributed by atoms with E-state index in [0.717, 1.165) is 12.1 Å². The van der Waals surface area contributed by atoms with Crippen molar-refractivity contribution in [2.45, 2.75) is 39.2 Å². The molecule has 126 valence electrons. The highest BCUT2D eigenvalue weighted by Crippen LogP contribution is 2.37. The van der Waals surface area contributed by atoms with E-state index in [1.807, 2.05) is 18.2 Å². The zero-order valence-electron chi connectivity index (χ0n) is 13.7. The summed E-state index contributed by atoms with van der Waals surface area (Å²) in [4.78, 5) is 29.5. The van der Waals surface area contributed by atoms with Gasteiger partial charge in [-0.3, -0.25) is 14.6 Å². The molecule has 0 aromatic carbocycles. The fourth-order valence-corrected chi connectivity index (χ4v) is 3.11. The number of nitrogens with one attached hydrogen (secondary N) is 1. The summed E-state index contributed by atoms with van der Waals surface area (Å²) in [5.74, 6) is -0.771. The van der Waals surface area contributed by atoms with Crippen LogP contribution in [0, 0.1) is 5.41 Å². The maximum Gasteiger partial charge on any atom is 0.324 e. The van der Waals surface area contributed by atoms with Gasteiger partial charge in [0.1, 0.15) is 6.04 Å². The maximum atomic E-state index is 12.7. The summed E-state index contributed by atoms with van der Waals surface area (Å²) >= 11 is 0.